The normalized spacial score (nSPS) is 29.6. The Morgan fingerprint density at radius 3 is 2.86 bits per heavy atom. The van der Waals surface area contributed by atoms with Crippen molar-refractivity contribution in [3.63, 3.8) is 0 Å². The summed E-state index contributed by atoms with van der Waals surface area (Å²) < 4.78 is 0. The number of piperidine rings is 1. The summed E-state index contributed by atoms with van der Waals surface area (Å²) in [4.78, 5) is 11.9. The molecule has 1 heterocycles. The molecule has 0 radical (unpaired) electrons. The summed E-state index contributed by atoms with van der Waals surface area (Å²) in [6, 6.07) is 0. The third kappa shape index (κ3) is 1.65. The Labute approximate surface area is 85.6 Å². The summed E-state index contributed by atoms with van der Waals surface area (Å²) >= 11 is 0. The van der Waals surface area contributed by atoms with Gasteiger partial charge in [0.2, 0.25) is 5.91 Å². The number of rotatable bonds is 3. The van der Waals surface area contributed by atoms with Crippen molar-refractivity contribution in [2.45, 2.75) is 32.6 Å². The van der Waals surface area contributed by atoms with Gasteiger partial charge >= 0.3 is 0 Å². The Kier molecular flexibility index (Phi) is 2.77. The van der Waals surface area contributed by atoms with E-state index >= 15 is 0 Å². The average Bonchev–Trinajstić information content (AvgIpc) is 3.00. The molecule has 14 heavy (non-hydrogen) atoms. The molecular weight excluding hydrogens is 176 g/mol. The van der Waals surface area contributed by atoms with Crippen LogP contribution in [0.1, 0.15) is 32.6 Å². The van der Waals surface area contributed by atoms with Crippen molar-refractivity contribution in [3.8, 4) is 0 Å². The quantitative estimate of drug-likeness (QED) is 0.704. The number of amides is 1. The molecule has 1 amide bonds. The van der Waals surface area contributed by atoms with Crippen molar-refractivity contribution >= 4 is 5.91 Å². The highest BCUT2D eigenvalue weighted by atomic mass is 16.2. The maximum atomic E-state index is 11.9. The number of hydrogen-bond acceptors (Lipinski definition) is 2. The zero-order valence-electron chi connectivity index (χ0n) is 8.94. The van der Waals surface area contributed by atoms with Gasteiger partial charge < -0.3 is 10.6 Å². The monoisotopic (exact) mass is 196 g/mol. The third-order valence-corrected chi connectivity index (χ3v) is 3.66. The zero-order chi connectivity index (χ0) is 10.0. The van der Waals surface area contributed by atoms with Crippen molar-refractivity contribution in [1.29, 1.82) is 0 Å². The second-order valence-electron chi connectivity index (χ2n) is 4.56. The van der Waals surface area contributed by atoms with Gasteiger partial charge in [-0.25, -0.2) is 0 Å². The number of carbonyl (C=O) groups is 1. The molecule has 1 saturated carbocycles. The molecular formula is C11H20N2O. The minimum Gasteiger partial charge on any atom is -0.356 e. The predicted molar refractivity (Wildman–Crippen MR) is 55.9 cm³/mol. The van der Waals surface area contributed by atoms with E-state index in [1.807, 2.05) is 6.92 Å². The number of hydrogen-bond donors (Lipinski definition) is 2. The second-order valence-corrected chi connectivity index (χ2v) is 4.56. The van der Waals surface area contributed by atoms with E-state index in [2.05, 4.69) is 10.6 Å². The minimum absolute atomic E-state index is 0.0173. The largest absolute Gasteiger partial charge is 0.356 e. The second kappa shape index (κ2) is 3.89. The molecule has 3 nitrogen and oxygen atoms in total. The molecule has 0 aromatic rings. The van der Waals surface area contributed by atoms with E-state index in [-0.39, 0.29) is 5.41 Å². The van der Waals surface area contributed by atoms with Crippen molar-refractivity contribution in [1.82, 2.24) is 10.6 Å². The molecule has 2 rings (SSSR count). The van der Waals surface area contributed by atoms with Crippen molar-refractivity contribution < 1.29 is 4.79 Å². The molecule has 2 N–H and O–H groups in total. The Bertz CT molecular complexity index is 217. The molecule has 1 unspecified atom stereocenters. The van der Waals surface area contributed by atoms with Crippen LogP contribution < -0.4 is 10.6 Å². The summed E-state index contributed by atoms with van der Waals surface area (Å²) in [5.74, 6) is 0.886. The lowest BCUT2D eigenvalue weighted by atomic mass is 9.82. The SMILES string of the molecule is CCNC(=O)C1(C2CCCNC2)CC1. The van der Waals surface area contributed by atoms with Gasteiger partial charge in [-0.2, -0.15) is 0 Å². The first kappa shape index (κ1) is 9.97. The molecule has 80 valence electrons. The van der Waals surface area contributed by atoms with Crippen LogP contribution in [0, 0.1) is 11.3 Å². The van der Waals surface area contributed by atoms with E-state index in [9.17, 15) is 4.79 Å². The van der Waals surface area contributed by atoms with Crippen LogP contribution in [0.3, 0.4) is 0 Å². The fourth-order valence-corrected chi connectivity index (χ4v) is 2.62. The maximum Gasteiger partial charge on any atom is 0.226 e. The lowest BCUT2D eigenvalue weighted by Crippen LogP contribution is -2.43. The van der Waals surface area contributed by atoms with Gasteiger partial charge in [0.1, 0.15) is 0 Å². The molecule has 0 aromatic carbocycles. The van der Waals surface area contributed by atoms with E-state index in [4.69, 9.17) is 0 Å². The summed E-state index contributed by atoms with van der Waals surface area (Å²) in [6.07, 6.45) is 4.66. The molecule has 2 fully saturated rings. The zero-order valence-corrected chi connectivity index (χ0v) is 8.94. The van der Waals surface area contributed by atoms with E-state index in [1.54, 1.807) is 0 Å². The Morgan fingerprint density at radius 2 is 2.36 bits per heavy atom. The van der Waals surface area contributed by atoms with Crippen LogP contribution in [0.5, 0.6) is 0 Å². The summed E-state index contributed by atoms with van der Waals surface area (Å²) in [5, 5.41) is 6.38. The van der Waals surface area contributed by atoms with Crippen LogP contribution in [0.15, 0.2) is 0 Å². The molecule has 1 aliphatic carbocycles. The van der Waals surface area contributed by atoms with Gasteiger partial charge in [-0.1, -0.05) is 0 Å². The fraction of sp³-hybridized carbons (Fsp3) is 0.909. The highest BCUT2D eigenvalue weighted by Crippen LogP contribution is 2.54. The van der Waals surface area contributed by atoms with Gasteiger partial charge in [0.25, 0.3) is 0 Å². The highest BCUT2D eigenvalue weighted by Gasteiger charge is 2.54. The molecule has 3 heteroatoms. The van der Waals surface area contributed by atoms with Gasteiger partial charge in [0.15, 0.2) is 0 Å². The average molecular weight is 196 g/mol. The van der Waals surface area contributed by atoms with Gasteiger partial charge in [0.05, 0.1) is 5.41 Å². The maximum absolute atomic E-state index is 11.9. The predicted octanol–water partition coefficient (Wildman–Crippen LogP) is 0.902. The van der Waals surface area contributed by atoms with Crippen molar-refractivity contribution in [3.05, 3.63) is 0 Å². The van der Waals surface area contributed by atoms with Gasteiger partial charge in [0, 0.05) is 6.54 Å². The topological polar surface area (TPSA) is 41.1 Å². The molecule has 1 saturated heterocycles. The van der Waals surface area contributed by atoms with Crippen molar-refractivity contribution in [2.24, 2.45) is 11.3 Å². The number of carbonyl (C=O) groups excluding carboxylic acids is 1. The first-order valence-electron chi connectivity index (χ1n) is 5.78. The third-order valence-electron chi connectivity index (χ3n) is 3.66. The minimum atomic E-state index is 0.0173. The van der Waals surface area contributed by atoms with Crippen LogP contribution in [-0.4, -0.2) is 25.5 Å². The molecule has 0 spiro atoms. The van der Waals surface area contributed by atoms with E-state index in [0.29, 0.717) is 11.8 Å². The highest BCUT2D eigenvalue weighted by molar-refractivity contribution is 5.85. The molecule has 1 aliphatic heterocycles. The van der Waals surface area contributed by atoms with Crippen LogP contribution in [0.2, 0.25) is 0 Å². The molecule has 1 atom stereocenters. The van der Waals surface area contributed by atoms with E-state index in [0.717, 1.165) is 32.5 Å². The summed E-state index contributed by atoms with van der Waals surface area (Å²) in [6.45, 7) is 4.92. The van der Waals surface area contributed by atoms with Crippen LogP contribution in [-0.2, 0) is 4.79 Å². The Hall–Kier alpha value is -0.570. The van der Waals surface area contributed by atoms with E-state index < -0.39 is 0 Å². The lowest BCUT2D eigenvalue weighted by Gasteiger charge is -2.29. The fourth-order valence-electron chi connectivity index (χ4n) is 2.62. The molecule has 0 aromatic heterocycles. The smallest absolute Gasteiger partial charge is 0.226 e. The number of nitrogens with one attached hydrogen (secondary N) is 2. The molecule has 0 bridgehead atoms. The first-order chi connectivity index (χ1) is 6.79. The van der Waals surface area contributed by atoms with Crippen LogP contribution >= 0.6 is 0 Å². The molecule has 2 aliphatic rings. The summed E-state index contributed by atoms with van der Waals surface area (Å²) in [7, 11) is 0. The Balaban J connectivity index is 1.96. The summed E-state index contributed by atoms with van der Waals surface area (Å²) in [5.41, 5.74) is 0.0173. The van der Waals surface area contributed by atoms with E-state index in [1.165, 1.54) is 12.8 Å². The Morgan fingerprint density at radius 1 is 1.57 bits per heavy atom. The van der Waals surface area contributed by atoms with Crippen molar-refractivity contribution in [2.75, 3.05) is 19.6 Å². The van der Waals surface area contributed by atoms with Gasteiger partial charge in [-0.05, 0) is 51.6 Å². The van der Waals surface area contributed by atoms with Crippen LogP contribution in [0.4, 0.5) is 0 Å². The van der Waals surface area contributed by atoms with Gasteiger partial charge in [-0.15, -0.1) is 0 Å². The standard InChI is InChI=1S/C11H20N2O/c1-2-13-10(14)11(5-6-11)9-4-3-7-12-8-9/h9,12H,2-8H2,1H3,(H,13,14). The first-order valence-corrected chi connectivity index (χ1v) is 5.78. The van der Waals surface area contributed by atoms with Gasteiger partial charge in [-0.3, -0.25) is 4.79 Å². The lowest BCUT2D eigenvalue weighted by molar-refractivity contribution is -0.128. The van der Waals surface area contributed by atoms with Crippen LogP contribution in [0.25, 0.3) is 0 Å².